The number of amides is 3. The molecule has 6 nitrogen and oxygen atoms in total. The summed E-state index contributed by atoms with van der Waals surface area (Å²) in [6.07, 6.45) is 0. The van der Waals surface area contributed by atoms with Gasteiger partial charge in [0.15, 0.2) is 0 Å². The van der Waals surface area contributed by atoms with E-state index >= 15 is 0 Å². The van der Waals surface area contributed by atoms with Gasteiger partial charge in [-0.2, -0.15) is 0 Å². The van der Waals surface area contributed by atoms with Crippen LogP contribution in [0.3, 0.4) is 0 Å². The van der Waals surface area contributed by atoms with Gasteiger partial charge in [-0.25, -0.2) is 0 Å². The molecule has 0 unspecified atom stereocenters. The van der Waals surface area contributed by atoms with Gasteiger partial charge in [-0.05, 0) is 77.5 Å². The minimum absolute atomic E-state index is 0.321. The van der Waals surface area contributed by atoms with Crippen molar-refractivity contribution >= 4 is 51.7 Å². The van der Waals surface area contributed by atoms with Crippen LogP contribution in [0.15, 0.2) is 42.5 Å². The molecule has 0 heterocycles. The maximum atomic E-state index is 11.9. The first-order valence-corrected chi connectivity index (χ1v) is 7.73. The van der Waals surface area contributed by atoms with Gasteiger partial charge in [0.05, 0.1) is 0 Å². The first-order chi connectivity index (χ1) is 10.9. The molecule has 4 N–H and O–H groups in total. The van der Waals surface area contributed by atoms with Crippen LogP contribution in [0, 0.1) is 10.5 Å². The minimum atomic E-state index is -0.797. The van der Waals surface area contributed by atoms with Crippen LogP contribution in [0.4, 0.5) is 11.4 Å². The Hall–Kier alpha value is -2.42. The number of aryl methyl sites for hydroxylation is 1. The monoisotopic (exact) mass is 423 g/mol. The molecule has 0 radical (unpaired) electrons. The third-order valence-corrected chi connectivity index (χ3v) is 3.74. The van der Waals surface area contributed by atoms with Gasteiger partial charge in [0.2, 0.25) is 5.91 Å². The lowest BCUT2D eigenvalue weighted by atomic mass is 10.2. The molecule has 23 heavy (non-hydrogen) atoms. The maximum absolute atomic E-state index is 11.9. The van der Waals surface area contributed by atoms with Crippen molar-refractivity contribution in [1.82, 2.24) is 0 Å². The molecule has 7 heteroatoms. The lowest BCUT2D eigenvalue weighted by Crippen LogP contribution is -2.29. The van der Waals surface area contributed by atoms with Crippen molar-refractivity contribution < 1.29 is 14.4 Å². The number of carbonyl (C=O) groups excluding carboxylic acids is 3. The first-order valence-electron chi connectivity index (χ1n) is 6.65. The van der Waals surface area contributed by atoms with Crippen molar-refractivity contribution in [3.63, 3.8) is 0 Å². The molecule has 0 saturated heterocycles. The van der Waals surface area contributed by atoms with Gasteiger partial charge < -0.3 is 16.4 Å². The quantitative estimate of drug-likeness (QED) is 0.522. The second kappa shape index (κ2) is 7.23. The predicted octanol–water partition coefficient (Wildman–Crippen LogP) is 2.28. The van der Waals surface area contributed by atoms with Gasteiger partial charge in [0, 0.05) is 20.5 Å². The summed E-state index contributed by atoms with van der Waals surface area (Å²) in [5.41, 5.74) is 7.30. The van der Waals surface area contributed by atoms with Gasteiger partial charge in [0.1, 0.15) is 0 Å². The van der Waals surface area contributed by atoms with Crippen LogP contribution in [0.25, 0.3) is 0 Å². The summed E-state index contributed by atoms with van der Waals surface area (Å²) in [6.45, 7) is 1.85. The topological polar surface area (TPSA) is 101 Å². The van der Waals surface area contributed by atoms with Crippen LogP contribution >= 0.6 is 22.6 Å². The van der Waals surface area contributed by atoms with Crippen LogP contribution in [-0.4, -0.2) is 17.7 Å². The molecular formula is C16H14IN3O3. The van der Waals surface area contributed by atoms with Crippen molar-refractivity contribution in [3.8, 4) is 0 Å². The fourth-order valence-electron chi connectivity index (χ4n) is 1.85. The van der Waals surface area contributed by atoms with Gasteiger partial charge >= 0.3 is 11.8 Å². The Kier molecular flexibility index (Phi) is 5.32. The molecule has 0 aliphatic heterocycles. The average Bonchev–Trinajstić information content (AvgIpc) is 2.50. The molecule has 0 aliphatic carbocycles. The summed E-state index contributed by atoms with van der Waals surface area (Å²) in [6, 6.07) is 11.4. The second-order valence-corrected chi connectivity index (χ2v) is 6.05. The predicted molar refractivity (Wildman–Crippen MR) is 96.1 cm³/mol. The first kappa shape index (κ1) is 16.9. The normalized spacial score (nSPS) is 10.0. The third kappa shape index (κ3) is 4.52. The van der Waals surface area contributed by atoms with Gasteiger partial charge in [-0.3, -0.25) is 14.4 Å². The van der Waals surface area contributed by atoms with Crippen molar-refractivity contribution in [2.45, 2.75) is 6.92 Å². The number of nitrogens with one attached hydrogen (secondary N) is 2. The zero-order chi connectivity index (χ0) is 17.0. The van der Waals surface area contributed by atoms with E-state index in [4.69, 9.17) is 5.73 Å². The summed E-state index contributed by atoms with van der Waals surface area (Å²) in [5, 5.41) is 5.01. The Morgan fingerprint density at radius 2 is 1.57 bits per heavy atom. The number of carbonyl (C=O) groups is 3. The molecule has 0 fully saturated rings. The second-order valence-electron chi connectivity index (χ2n) is 4.81. The zero-order valence-corrected chi connectivity index (χ0v) is 14.4. The molecule has 2 aromatic rings. The Morgan fingerprint density at radius 3 is 2.13 bits per heavy atom. The number of benzene rings is 2. The summed E-state index contributed by atoms with van der Waals surface area (Å²) >= 11 is 2.17. The van der Waals surface area contributed by atoms with Gasteiger partial charge in [0.25, 0.3) is 0 Å². The van der Waals surface area contributed by atoms with E-state index in [-0.39, 0.29) is 0 Å². The number of anilines is 2. The molecule has 0 aromatic heterocycles. The van der Waals surface area contributed by atoms with E-state index in [1.807, 2.05) is 19.1 Å². The van der Waals surface area contributed by atoms with Crippen molar-refractivity contribution in [3.05, 3.63) is 57.2 Å². The molecular weight excluding hydrogens is 409 g/mol. The van der Waals surface area contributed by atoms with Crippen LogP contribution in [0.2, 0.25) is 0 Å². The smallest absolute Gasteiger partial charge is 0.314 e. The van der Waals surface area contributed by atoms with E-state index < -0.39 is 17.7 Å². The average molecular weight is 423 g/mol. The highest BCUT2D eigenvalue weighted by atomic mass is 127. The van der Waals surface area contributed by atoms with E-state index in [0.717, 1.165) is 9.13 Å². The minimum Gasteiger partial charge on any atom is -0.366 e. The molecule has 118 valence electrons. The molecule has 0 spiro atoms. The van der Waals surface area contributed by atoms with Crippen molar-refractivity contribution in [2.75, 3.05) is 10.6 Å². The molecule has 0 atom stereocenters. The van der Waals surface area contributed by atoms with E-state index in [9.17, 15) is 14.4 Å². The zero-order valence-electron chi connectivity index (χ0n) is 12.2. The molecule has 3 amide bonds. The fourth-order valence-corrected chi connectivity index (χ4v) is 2.50. The number of rotatable bonds is 3. The van der Waals surface area contributed by atoms with Crippen LogP contribution < -0.4 is 16.4 Å². The summed E-state index contributed by atoms with van der Waals surface area (Å²) in [7, 11) is 0. The molecule has 0 aliphatic rings. The van der Waals surface area contributed by atoms with E-state index in [1.54, 1.807) is 6.07 Å². The van der Waals surface area contributed by atoms with Crippen molar-refractivity contribution in [2.24, 2.45) is 5.73 Å². The lowest BCUT2D eigenvalue weighted by Gasteiger charge is -2.09. The van der Waals surface area contributed by atoms with Crippen LogP contribution in [0.5, 0.6) is 0 Å². The molecule has 0 saturated carbocycles. The SMILES string of the molecule is Cc1cc(I)ccc1NC(=O)C(=O)Nc1ccc(C(N)=O)cc1. The molecule has 2 rings (SSSR count). The van der Waals surface area contributed by atoms with Gasteiger partial charge in [-0.15, -0.1) is 0 Å². The highest BCUT2D eigenvalue weighted by Crippen LogP contribution is 2.17. The molecule has 0 bridgehead atoms. The van der Waals surface area contributed by atoms with E-state index in [2.05, 4.69) is 33.2 Å². The van der Waals surface area contributed by atoms with Crippen LogP contribution in [-0.2, 0) is 9.59 Å². The maximum Gasteiger partial charge on any atom is 0.314 e. The van der Waals surface area contributed by atoms with E-state index in [0.29, 0.717) is 16.9 Å². The number of halogens is 1. The number of nitrogens with two attached hydrogens (primary N) is 1. The highest BCUT2D eigenvalue weighted by Gasteiger charge is 2.15. The number of hydrogen-bond donors (Lipinski definition) is 3. The Bertz CT molecular complexity index is 773. The van der Waals surface area contributed by atoms with Gasteiger partial charge in [-0.1, -0.05) is 0 Å². The van der Waals surface area contributed by atoms with Crippen LogP contribution in [0.1, 0.15) is 15.9 Å². The third-order valence-electron chi connectivity index (χ3n) is 3.07. The van der Waals surface area contributed by atoms with Crippen molar-refractivity contribution in [1.29, 1.82) is 0 Å². The summed E-state index contributed by atoms with van der Waals surface area (Å²) < 4.78 is 1.04. The largest absolute Gasteiger partial charge is 0.366 e. The number of hydrogen-bond acceptors (Lipinski definition) is 3. The molecule has 2 aromatic carbocycles. The highest BCUT2D eigenvalue weighted by molar-refractivity contribution is 14.1. The summed E-state index contributed by atoms with van der Waals surface area (Å²) in [4.78, 5) is 34.8. The lowest BCUT2D eigenvalue weighted by molar-refractivity contribution is -0.133. The Morgan fingerprint density at radius 1 is 0.957 bits per heavy atom. The fraction of sp³-hybridized carbons (Fsp3) is 0.0625. The Labute approximate surface area is 146 Å². The Balaban J connectivity index is 2.02. The van der Waals surface area contributed by atoms with E-state index in [1.165, 1.54) is 24.3 Å². The standard InChI is InChI=1S/C16H14IN3O3/c1-9-8-11(17)4-7-13(9)20-16(23)15(22)19-12-5-2-10(3-6-12)14(18)21/h2-8H,1H3,(H2,18,21)(H,19,22)(H,20,23). The summed E-state index contributed by atoms with van der Waals surface area (Å²) in [5.74, 6) is -2.13. The number of primary amides is 1.